The third-order valence-electron chi connectivity index (χ3n) is 4.55. The van der Waals surface area contributed by atoms with Crippen LogP contribution in [-0.4, -0.2) is 20.0 Å². The van der Waals surface area contributed by atoms with Crippen molar-refractivity contribution in [3.8, 4) is 11.5 Å². The van der Waals surface area contributed by atoms with Crippen molar-refractivity contribution in [1.82, 2.24) is 0 Å². The summed E-state index contributed by atoms with van der Waals surface area (Å²) < 4.78 is 12.8. The molecule has 0 aliphatic carbocycles. The number of carbonyl (C=O) groups is 1. The lowest BCUT2D eigenvalue weighted by Gasteiger charge is -2.20. The van der Waals surface area contributed by atoms with E-state index in [9.17, 15) is 4.79 Å². The van der Waals surface area contributed by atoms with E-state index in [-0.39, 0.29) is 11.8 Å². The predicted molar refractivity (Wildman–Crippen MR) is 128 cm³/mol. The van der Waals surface area contributed by atoms with Crippen molar-refractivity contribution in [2.24, 2.45) is 0 Å². The van der Waals surface area contributed by atoms with Crippen molar-refractivity contribution in [3.63, 3.8) is 0 Å². The number of Topliss-reactive ketones (excluding diaryl/α,β-unsaturated/α-hetero) is 1. The predicted octanol–water partition coefficient (Wildman–Crippen LogP) is 6.50. The lowest BCUT2D eigenvalue weighted by molar-refractivity contribution is 0.0976. The maximum Gasteiger partial charge on any atom is 0.165 e. The van der Waals surface area contributed by atoms with E-state index in [1.165, 1.54) is 0 Å². The molecule has 0 aliphatic rings. The standard InChI is InChI=1S/C23H21BrINO3/c1-28-22-12-5-16(13-23(22)29-2)21(27)14-20(15-3-6-17(24)7-4-15)26-19-10-8-18(25)9-11-19/h3-13,20,26H,14H2,1-2H3. The highest BCUT2D eigenvalue weighted by Crippen LogP contribution is 2.30. The van der Waals surface area contributed by atoms with Crippen LogP contribution >= 0.6 is 38.5 Å². The van der Waals surface area contributed by atoms with Gasteiger partial charge in [0.05, 0.1) is 20.3 Å². The number of hydrogen-bond acceptors (Lipinski definition) is 4. The Morgan fingerprint density at radius 1 is 0.966 bits per heavy atom. The summed E-state index contributed by atoms with van der Waals surface area (Å²) in [4.78, 5) is 13.1. The van der Waals surface area contributed by atoms with Gasteiger partial charge in [-0.2, -0.15) is 0 Å². The maximum absolute atomic E-state index is 13.1. The summed E-state index contributed by atoms with van der Waals surface area (Å²) in [6, 6.07) is 21.2. The Morgan fingerprint density at radius 3 is 2.24 bits per heavy atom. The molecule has 0 bridgehead atoms. The van der Waals surface area contributed by atoms with Crippen molar-refractivity contribution >= 4 is 50.0 Å². The van der Waals surface area contributed by atoms with Crippen LogP contribution in [0.1, 0.15) is 28.4 Å². The number of nitrogens with one attached hydrogen (secondary N) is 1. The molecule has 0 fully saturated rings. The van der Waals surface area contributed by atoms with Gasteiger partial charge in [-0.25, -0.2) is 0 Å². The van der Waals surface area contributed by atoms with E-state index in [1.807, 2.05) is 48.5 Å². The number of methoxy groups -OCH3 is 2. The van der Waals surface area contributed by atoms with Crippen molar-refractivity contribution in [1.29, 1.82) is 0 Å². The Bertz CT molecular complexity index is 974. The van der Waals surface area contributed by atoms with Crippen molar-refractivity contribution in [2.75, 3.05) is 19.5 Å². The quantitative estimate of drug-likeness (QED) is 0.250. The molecule has 0 saturated carbocycles. The Balaban J connectivity index is 1.86. The van der Waals surface area contributed by atoms with Crippen LogP contribution in [0.25, 0.3) is 0 Å². The van der Waals surface area contributed by atoms with Crippen LogP contribution in [-0.2, 0) is 0 Å². The first kappa shape index (κ1) is 21.6. The number of hydrogen-bond donors (Lipinski definition) is 1. The topological polar surface area (TPSA) is 47.6 Å². The zero-order chi connectivity index (χ0) is 20.8. The van der Waals surface area contributed by atoms with Gasteiger partial charge in [-0.1, -0.05) is 28.1 Å². The highest BCUT2D eigenvalue weighted by molar-refractivity contribution is 14.1. The lowest BCUT2D eigenvalue weighted by Crippen LogP contribution is -2.16. The summed E-state index contributed by atoms with van der Waals surface area (Å²) in [7, 11) is 3.14. The van der Waals surface area contributed by atoms with Gasteiger partial charge < -0.3 is 14.8 Å². The molecule has 3 aromatic rings. The van der Waals surface area contributed by atoms with Gasteiger partial charge in [0.15, 0.2) is 17.3 Å². The molecule has 0 saturated heterocycles. The van der Waals surface area contributed by atoms with Crippen molar-refractivity contribution in [2.45, 2.75) is 12.5 Å². The average Bonchev–Trinajstić information content (AvgIpc) is 2.74. The van der Waals surface area contributed by atoms with Gasteiger partial charge in [-0.05, 0) is 82.8 Å². The summed E-state index contributed by atoms with van der Waals surface area (Å²) in [6.07, 6.45) is 0.309. The average molecular weight is 566 g/mol. The monoisotopic (exact) mass is 565 g/mol. The van der Waals surface area contributed by atoms with Crippen LogP contribution < -0.4 is 14.8 Å². The first-order valence-corrected chi connectivity index (χ1v) is 10.9. The minimum Gasteiger partial charge on any atom is -0.493 e. The van der Waals surface area contributed by atoms with Gasteiger partial charge in [0.1, 0.15) is 0 Å². The van der Waals surface area contributed by atoms with E-state index in [4.69, 9.17) is 9.47 Å². The minimum absolute atomic E-state index is 0.0249. The molecular formula is C23H21BrINO3. The van der Waals surface area contributed by atoms with E-state index in [2.05, 4.69) is 43.8 Å². The molecule has 0 radical (unpaired) electrons. The number of halogens is 2. The van der Waals surface area contributed by atoms with Gasteiger partial charge in [-0.3, -0.25) is 4.79 Å². The molecular weight excluding hydrogens is 545 g/mol. The largest absolute Gasteiger partial charge is 0.493 e. The summed E-state index contributed by atoms with van der Waals surface area (Å²) in [6.45, 7) is 0. The number of benzene rings is 3. The van der Waals surface area contributed by atoms with Gasteiger partial charge in [0.2, 0.25) is 0 Å². The minimum atomic E-state index is -0.163. The SMILES string of the molecule is COc1ccc(C(=O)CC(Nc2ccc(I)cc2)c2ccc(Br)cc2)cc1OC. The number of carbonyl (C=O) groups excluding carboxylic acids is 1. The summed E-state index contributed by atoms with van der Waals surface area (Å²) in [5.74, 6) is 1.17. The Labute approximate surface area is 192 Å². The Hall–Kier alpha value is -2.06. The zero-order valence-electron chi connectivity index (χ0n) is 16.1. The van der Waals surface area contributed by atoms with Crippen LogP contribution in [0.3, 0.4) is 0 Å². The van der Waals surface area contributed by atoms with E-state index in [0.717, 1.165) is 19.3 Å². The molecule has 3 aromatic carbocycles. The number of ketones is 1. The lowest BCUT2D eigenvalue weighted by atomic mass is 9.97. The fourth-order valence-electron chi connectivity index (χ4n) is 3.01. The second-order valence-corrected chi connectivity index (χ2v) is 8.61. The van der Waals surface area contributed by atoms with Gasteiger partial charge >= 0.3 is 0 Å². The van der Waals surface area contributed by atoms with Crippen LogP contribution in [0, 0.1) is 3.57 Å². The highest BCUT2D eigenvalue weighted by atomic mass is 127. The molecule has 1 N–H and O–H groups in total. The highest BCUT2D eigenvalue weighted by Gasteiger charge is 2.19. The number of rotatable bonds is 8. The second kappa shape index (κ2) is 10.1. The van der Waals surface area contributed by atoms with E-state index in [1.54, 1.807) is 32.4 Å². The molecule has 4 nitrogen and oxygen atoms in total. The molecule has 0 aromatic heterocycles. The molecule has 1 atom stereocenters. The van der Waals surface area contributed by atoms with E-state index >= 15 is 0 Å². The molecule has 0 amide bonds. The van der Waals surface area contributed by atoms with Gasteiger partial charge in [0.25, 0.3) is 0 Å². The Kier molecular flexibility index (Phi) is 7.55. The normalized spacial score (nSPS) is 11.6. The van der Waals surface area contributed by atoms with Crippen molar-refractivity contribution < 1.29 is 14.3 Å². The first-order chi connectivity index (χ1) is 14.0. The van der Waals surface area contributed by atoms with Gasteiger partial charge in [-0.15, -0.1) is 0 Å². The summed E-state index contributed by atoms with van der Waals surface area (Å²) >= 11 is 5.75. The number of ether oxygens (including phenoxy) is 2. The second-order valence-electron chi connectivity index (χ2n) is 6.45. The molecule has 150 valence electrons. The molecule has 0 heterocycles. The fourth-order valence-corrected chi connectivity index (χ4v) is 3.63. The van der Waals surface area contributed by atoms with Gasteiger partial charge in [0, 0.05) is 25.7 Å². The fraction of sp³-hybridized carbons (Fsp3) is 0.174. The molecule has 0 spiro atoms. The van der Waals surface area contributed by atoms with Crippen LogP contribution in [0.5, 0.6) is 11.5 Å². The molecule has 3 rings (SSSR count). The smallest absolute Gasteiger partial charge is 0.165 e. The third kappa shape index (κ3) is 5.73. The van der Waals surface area contributed by atoms with E-state index in [0.29, 0.717) is 23.5 Å². The molecule has 0 aliphatic heterocycles. The number of anilines is 1. The van der Waals surface area contributed by atoms with Crippen molar-refractivity contribution in [3.05, 3.63) is 85.9 Å². The van der Waals surface area contributed by atoms with E-state index < -0.39 is 0 Å². The Morgan fingerprint density at radius 2 is 1.62 bits per heavy atom. The summed E-state index contributed by atoms with van der Waals surface area (Å²) in [5, 5.41) is 3.50. The van der Waals surface area contributed by atoms with Crippen LogP contribution in [0.15, 0.2) is 71.2 Å². The summed E-state index contributed by atoms with van der Waals surface area (Å²) in [5.41, 5.74) is 2.60. The first-order valence-electron chi connectivity index (χ1n) is 9.03. The molecule has 1 unspecified atom stereocenters. The zero-order valence-corrected chi connectivity index (χ0v) is 19.9. The maximum atomic E-state index is 13.1. The molecule has 29 heavy (non-hydrogen) atoms. The van der Waals surface area contributed by atoms with Crippen LogP contribution in [0.4, 0.5) is 5.69 Å². The third-order valence-corrected chi connectivity index (χ3v) is 5.80. The van der Waals surface area contributed by atoms with Crippen LogP contribution in [0.2, 0.25) is 0 Å². The molecule has 6 heteroatoms.